The number of hydrogen-bond donors (Lipinski definition) is 2. The number of aromatic nitrogens is 1. The van der Waals surface area contributed by atoms with Gasteiger partial charge < -0.3 is 15.5 Å². The van der Waals surface area contributed by atoms with Crippen molar-refractivity contribution < 1.29 is 0 Å². The molecule has 1 aromatic heterocycles. The molecule has 2 heterocycles. The molecular weight excluding hydrogens is 409 g/mol. The summed E-state index contributed by atoms with van der Waals surface area (Å²) < 4.78 is 0. The number of nitrogens with zero attached hydrogens (tertiary/aromatic N) is 3. The number of piperidine rings is 1. The van der Waals surface area contributed by atoms with Crippen molar-refractivity contribution in [2.24, 2.45) is 10.9 Å². The second kappa shape index (κ2) is 9.67. The number of rotatable bonds is 4. The number of aryl methyl sites for hydroxylation is 2. The van der Waals surface area contributed by atoms with Gasteiger partial charge in [0.1, 0.15) is 0 Å². The van der Waals surface area contributed by atoms with Crippen LogP contribution in [0.2, 0.25) is 0 Å². The molecule has 2 rings (SSSR count). The Hall–Kier alpha value is -0.410. The molecule has 0 aliphatic carbocycles. The summed E-state index contributed by atoms with van der Waals surface area (Å²) >= 11 is 1.75. The van der Waals surface area contributed by atoms with Gasteiger partial charge in [-0.3, -0.25) is 4.99 Å². The molecule has 1 aromatic rings. The maximum atomic E-state index is 4.46. The van der Waals surface area contributed by atoms with Gasteiger partial charge >= 0.3 is 0 Å². The summed E-state index contributed by atoms with van der Waals surface area (Å²) in [6, 6.07) is 0. The van der Waals surface area contributed by atoms with Gasteiger partial charge in [0, 0.05) is 25.0 Å². The third-order valence-corrected chi connectivity index (χ3v) is 4.99. The largest absolute Gasteiger partial charge is 0.356 e. The Bertz CT molecular complexity index is 488. The summed E-state index contributed by atoms with van der Waals surface area (Å²) in [6.07, 6.45) is 2.61. The van der Waals surface area contributed by atoms with E-state index < -0.39 is 0 Å². The van der Waals surface area contributed by atoms with Gasteiger partial charge in [0.05, 0.1) is 17.2 Å². The molecule has 0 saturated carbocycles. The van der Waals surface area contributed by atoms with Crippen molar-refractivity contribution in [2.45, 2.75) is 33.2 Å². The van der Waals surface area contributed by atoms with E-state index in [0.29, 0.717) is 0 Å². The van der Waals surface area contributed by atoms with Crippen LogP contribution in [0.1, 0.15) is 28.4 Å². The van der Waals surface area contributed by atoms with Crippen molar-refractivity contribution in [3.05, 3.63) is 15.6 Å². The van der Waals surface area contributed by atoms with Gasteiger partial charge in [-0.05, 0) is 46.2 Å². The fraction of sp³-hybridized carbons (Fsp3) is 0.733. The Kier molecular flexibility index (Phi) is 8.63. The molecule has 5 nitrogen and oxygen atoms in total. The lowest BCUT2D eigenvalue weighted by Crippen LogP contribution is -2.43. The average molecular weight is 437 g/mol. The second-order valence-electron chi connectivity index (χ2n) is 5.82. The molecule has 1 unspecified atom stereocenters. The van der Waals surface area contributed by atoms with E-state index in [1.165, 1.54) is 30.8 Å². The lowest BCUT2D eigenvalue weighted by molar-refractivity contribution is 0.210. The molecule has 0 radical (unpaired) electrons. The molecule has 0 bridgehead atoms. The summed E-state index contributed by atoms with van der Waals surface area (Å²) in [5.41, 5.74) is 1.12. The van der Waals surface area contributed by atoms with Crippen molar-refractivity contribution in [1.29, 1.82) is 0 Å². The lowest BCUT2D eigenvalue weighted by Gasteiger charge is -2.30. The van der Waals surface area contributed by atoms with Gasteiger partial charge in [-0.25, -0.2) is 4.98 Å². The molecule has 1 fully saturated rings. The van der Waals surface area contributed by atoms with Gasteiger partial charge in [-0.2, -0.15) is 0 Å². The van der Waals surface area contributed by atoms with Crippen LogP contribution < -0.4 is 10.6 Å². The SMILES string of the molecule is CN=C(NCc1sc(C)nc1C)NCC1CCCN(C)C1.I. The molecule has 1 aliphatic rings. The first-order chi connectivity index (χ1) is 10.1. The maximum Gasteiger partial charge on any atom is 0.191 e. The molecule has 7 heteroatoms. The summed E-state index contributed by atoms with van der Waals surface area (Å²) in [4.78, 5) is 12.5. The Morgan fingerprint density at radius 1 is 1.41 bits per heavy atom. The Morgan fingerprint density at radius 2 is 2.18 bits per heavy atom. The van der Waals surface area contributed by atoms with Crippen LogP contribution in [0.4, 0.5) is 0 Å². The highest BCUT2D eigenvalue weighted by Crippen LogP contribution is 2.16. The molecule has 1 atom stereocenters. The molecule has 22 heavy (non-hydrogen) atoms. The summed E-state index contributed by atoms with van der Waals surface area (Å²) in [5.74, 6) is 1.60. The molecule has 2 N–H and O–H groups in total. The Balaban J connectivity index is 0.00000242. The zero-order chi connectivity index (χ0) is 15.2. The lowest BCUT2D eigenvalue weighted by atomic mass is 9.99. The number of aliphatic imine (C=N–C) groups is 1. The third kappa shape index (κ3) is 6.00. The van der Waals surface area contributed by atoms with Gasteiger partial charge in [0.15, 0.2) is 5.96 Å². The van der Waals surface area contributed by atoms with E-state index in [0.717, 1.165) is 35.7 Å². The first-order valence-corrected chi connectivity index (χ1v) is 8.46. The van der Waals surface area contributed by atoms with Gasteiger partial charge in [-0.15, -0.1) is 35.3 Å². The van der Waals surface area contributed by atoms with Crippen LogP contribution in [0, 0.1) is 19.8 Å². The number of halogens is 1. The van der Waals surface area contributed by atoms with Crippen LogP contribution in [0.5, 0.6) is 0 Å². The molecule has 1 saturated heterocycles. The fourth-order valence-electron chi connectivity index (χ4n) is 2.80. The molecule has 0 spiro atoms. The molecule has 0 amide bonds. The van der Waals surface area contributed by atoms with Crippen molar-refractivity contribution >= 4 is 41.3 Å². The summed E-state index contributed by atoms with van der Waals surface area (Å²) in [7, 11) is 4.03. The highest BCUT2D eigenvalue weighted by Gasteiger charge is 2.17. The van der Waals surface area contributed by atoms with Crippen molar-refractivity contribution in [1.82, 2.24) is 20.5 Å². The number of thiazole rings is 1. The van der Waals surface area contributed by atoms with Crippen molar-refractivity contribution in [3.8, 4) is 0 Å². The maximum absolute atomic E-state index is 4.46. The zero-order valence-corrected chi connectivity index (χ0v) is 17.1. The van der Waals surface area contributed by atoms with Crippen LogP contribution >= 0.6 is 35.3 Å². The highest BCUT2D eigenvalue weighted by atomic mass is 127. The Morgan fingerprint density at radius 3 is 2.77 bits per heavy atom. The van der Waals surface area contributed by atoms with Crippen molar-refractivity contribution in [3.63, 3.8) is 0 Å². The first-order valence-electron chi connectivity index (χ1n) is 7.64. The average Bonchev–Trinajstić information content (AvgIpc) is 2.77. The zero-order valence-electron chi connectivity index (χ0n) is 14.0. The topological polar surface area (TPSA) is 52.6 Å². The van der Waals surface area contributed by atoms with Gasteiger partial charge in [-0.1, -0.05) is 0 Å². The van der Waals surface area contributed by atoms with Crippen LogP contribution in [0.25, 0.3) is 0 Å². The minimum Gasteiger partial charge on any atom is -0.356 e. The number of nitrogens with one attached hydrogen (secondary N) is 2. The van der Waals surface area contributed by atoms with E-state index in [2.05, 4.69) is 39.5 Å². The van der Waals surface area contributed by atoms with E-state index >= 15 is 0 Å². The fourth-order valence-corrected chi connectivity index (χ4v) is 3.68. The third-order valence-electron chi connectivity index (χ3n) is 3.92. The number of likely N-dealkylation sites (tertiary alicyclic amines) is 1. The molecule has 126 valence electrons. The molecule has 0 aromatic carbocycles. The first kappa shape index (κ1) is 19.6. The van der Waals surface area contributed by atoms with E-state index in [1.54, 1.807) is 11.3 Å². The summed E-state index contributed by atoms with van der Waals surface area (Å²) in [6.45, 7) is 8.30. The monoisotopic (exact) mass is 437 g/mol. The quantitative estimate of drug-likeness (QED) is 0.432. The van der Waals surface area contributed by atoms with Crippen LogP contribution in [-0.4, -0.2) is 49.6 Å². The van der Waals surface area contributed by atoms with Gasteiger partial charge in [0.25, 0.3) is 0 Å². The van der Waals surface area contributed by atoms with Crippen LogP contribution in [0.3, 0.4) is 0 Å². The van der Waals surface area contributed by atoms with Gasteiger partial charge in [0.2, 0.25) is 0 Å². The van der Waals surface area contributed by atoms with E-state index in [4.69, 9.17) is 0 Å². The normalized spacial score (nSPS) is 19.6. The van der Waals surface area contributed by atoms with Crippen molar-refractivity contribution in [2.75, 3.05) is 33.7 Å². The summed E-state index contributed by atoms with van der Waals surface area (Å²) in [5, 5.41) is 7.96. The molecular formula is C15H28IN5S. The Labute approximate surface area is 155 Å². The predicted molar refractivity (Wildman–Crippen MR) is 105 cm³/mol. The number of hydrogen-bond acceptors (Lipinski definition) is 4. The van der Waals surface area contributed by atoms with Crippen LogP contribution in [-0.2, 0) is 6.54 Å². The van der Waals surface area contributed by atoms with E-state index in [-0.39, 0.29) is 24.0 Å². The second-order valence-corrected chi connectivity index (χ2v) is 7.11. The molecule has 1 aliphatic heterocycles. The van der Waals surface area contributed by atoms with E-state index in [9.17, 15) is 0 Å². The smallest absolute Gasteiger partial charge is 0.191 e. The van der Waals surface area contributed by atoms with Crippen LogP contribution in [0.15, 0.2) is 4.99 Å². The predicted octanol–water partition coefficient (Wildman–Crippen LogP) is 2.38. The van der Waals surface area contributed by atoms with E-state index in [1.807, 2.05) is 14.0 Å². The minimum absolute atomic E-state index is 0. The minimum atomic E-state index is 0. The standard InChI is InChI=1S/C15H27N5S.HI/c1-11-14(21-12(2)19-11)9-18-15(16-3)17-8-13-6-5-7-20(4)10-13;/h13H,5-10H2,1-4H3,(H2,16,17,18);1H. The number of guanidine groups is 1. The highest BCUT2D eigenvalue weighted by molar-refractivity contribution is 14.0.